The number of carbonyl (C=O) groups excluding carboxylic acids is 1. The van der Waals surface area contributed by atoms with Gasteiger partial charge in [0.2, 0.25) is 5.91 Å². The second-order valence-electron chi connectivity index (χ2n) is 6.54. The third kappa shape index (κ3) is 3.02. The molecule has 0 saturated carbocycles. The summed E-state index contributed by atoms with van der Waals surface area (Å²) in [5.74, 6) is 0.702. The van der Waals surface area contributed by atoms with E-state index >= 15 is 0 Å². The smallest absolute Gasteiger partial charge is 0.219 e. The lowest BCUT2D eigenvalue weighted by Gasteiger charge is -2.34. The van der Waals surface area contributed by atoms with E-state index in [2.05, 4.69) is 48.0 Å². The minimum Gasteiger partial charge on any atom is -0.358 e. The summed E-state index contributed by atoms with van der Waals surface area (Å²) in [7, 11) is 0. The second-order valence-corrected chi connectivity index (χ2v) is 6.54. The summed E-state index contributed by atoms with van der Waals surface area (Å²) in [6.45, 7) is 10.6. The van der Waals surface area contributed by atoms with Crippen molar-refractivity contribution in [2.45, 2.75) is 33.2 Å². The van der Waals surface area contributed by atoms with Gasteiger partial charge in [0.25, 0.3) is 0 Å². The molecule has 22 heavy (non-hydrogen) atoms. The van der Waals surface area contributed by atoms with Crippen molar-refractivity contribution in [1.82, 2.24) is 14.8 Å². The number of rotatable bonds is 3. The number of fused-ring (bicyclic) bond motifs is 1. The summed E-state index contributed by atoms with van der Waals surface area (Å²) in [6.07, 6.45) is 0. The van der Waals surface area contributed by atoms with Crippen LogP contribution in [0.15, 0.2) is 24.3 Å². The van der Waals surface area contributed by atoms with E-state index in [4.69, 9.17) is 0 Å². The first-order valence-corrected chi connectivity index (χ1v) is 8.13. The van der Waals surface area contributed by atoms with Crippen LogP contribution in [-0.2, 0) is 11.3 Å². The van der Waals surface area contributed by atoms with Gasteiger partial charge in [-0.2, -0.15) is 0 Å². The van der Waals surface area contributed by atoms with Gasteiger partial charge >= 0.3 is 0 Å². The fraction of sp³-hybridized carbons (Fsp3) is 0.500. The van der Waals surface area contributed by atoms with Crippen molar-refractivity contribution in [2.24, 2.45) is 0 Å². The van der Waals surface area contributed by atoms with Gasteiger partial charge in [-0.1, -0.05) is 26.0 Å². The van der Waals surface area contributed by atoms with Gasteiger partial charge in [0.15, 0.2) is 0 Å². The van der Waals surface area contributed by atoms with Crippen LogP contribution in [0.3, 0.4) is 0 Å². The minimum atomic E-state index is 0.189. The van der Waals surface area contributed by atoms with Crippen LogP contribution in [0.1, 0.15) is 37.9 Å². The van der Waals surface area contributed by atoms with Crippen molar-refractivity contribution in [2.75, 3.05) is 26.2 Å². The van der Waals surface area contributed by atoms with Crippen molar-refractivity contribution >= 4 is 16.8 Å². The summed E-state index contributed by atoms with van der Waals surface area (Å²) < 4.78 is 0. The Labute approximate surface area is 132 Å². The van der Waals surface area contributed by atoms with Crippen molar-refractivity contribution in [3.05, 3.63) is 35.5 Å². The molecule has 1 aliphatic heterocycles. The van der Waals surface area contributed by atoms with Crippen LogP contribution >= 0.6 is 0 Å². The molecule has 3 rings (SSSR count). The van der Waals surface area contributed by atoms with Crippen molar-refractivity contribution in [1.29, 1.82) is 0 Å². The van der Waals surface area contributed by atoms with E-state index in [0.29, 0.717) is 5.92 Å². The highest BCUT2D eigenvalue weighted by Crippen LogP contribution is 2.25. The number of hydrogen-bond acceptors (Lipinski definition) is 2. The topological polar surface area (TPSA) is 39.3 Å². The zero-order chi connectivity index (χ0) is 15.7. The van der Waals surface area contributed by atoms with E-state index in [1.807, 2.05) is 4.90 Å². The molecule has 0 spiro atoms. The maximum atomic E-state index is 11.4. The normalized spacial score (nSPS) is 16.6. The number of nitrogens with zero attached hydrogens (tertiary/aromatic N) is 2. The van der Waals surface area contributed by atoms with Gasteiger partial charge in [-0.05, 0) is 23.6 Å². The Hall–Kier alpha value is -1.81. The molecule has 4 nitrogen and oxygen atoms in total. The van der Waals surface area contributed by atoms with Crippen LogP contribution in [0.5, 0.6) is 0 Å². The number of aromatic nitrogens is 1. The quantitative estimate of drug-likeness (QED) is 0.946. The lowest BCUT2D eigenvalue weighted by Crippen LogP contribution is -2.47. The van der Waals surface area contributed by atoms with E-state index in [1.54, 1.807) is 6.92 Å². The molecule has 1 aromatic heterocycles. The largest absolute Gasteiger partial charge is 0.358 e. The summed E-state index contributed by atoms with van der Waals surface area (Å²) in [6, 6.07) is 8.79. The summed E-state index contributed by atoms with van der Waals surface area (Å²) >= 11 is 0. The molecule has 1 amide bonds. The summed E-state index contributed by atoms with van der Waals surface area (Å²) in [5.41, 5.74) is 3.89. The number of nitrogens with one attached hydrogen (secondary N) is 1. The molecule has 1 fully saturated rings. The number of benzene rings is 1. The number of H-pyrrole nitrogens is 1. The van der Waals surface area contributed by atoms with Crippen LogP contribution in [0.25, 0.3) is 10.9 Å². The maximum Gasteiger partial charge on any atom is 0.219 e. The molecule has 1 aromatic carbocycles. The molecule has 0 radical (unpaired) electrons. The van der Waals surface area contributed by atoms with Gasteiger partial charge in [0.05, 0.1) is 0 Å². The molecule has 1 N–H and O–H groups in total. The Morgan fingerprint density at radius 3 is 2.59 bits per heavy atom. The first-order chi connectivity index (χ1) is 10.5. The Morgan fingerprint density at radius 1 is 1.23 bits per heavy atom. The highest BCUT2D eigenvalue weighted by Gasteiger charge is 2.19. The van der Waals surface area contributed by atoms with Gasteiger partial charge in [0.1, 0.15) is 0 Å². The summed E-state index contributed by atoms with van der Waals surface area (Å²) in [5, 5.41) is 1.33. The molecule has 4 heteroatoms. The van der Waals surface area contributed by atoms with Gasteiger partial charge in [-0.15, -0.1) is 0 Å². The van der Waals surface area contributed by atoms with Crippen molar-refractivity contribution < 1.29 is 4.79 Å². The van der Waals surface area contributed by atoms with Crippen molar-refractivity contribution in [3.63, 3.8) is 0 Å². The third-order valence-corrected chi connectivity index (χ3v) is 4.61. The molecule has 0 atom stereocenters. The van der Waals surface area contributed by atoms with Crippen LogP contribution in [0.4, 0.5) is 0 Å². The first-order valence-electron chi connectivity index (χ1n) is 8.13. The lowest BCUT2D eigenvalue weighted by atomic mass is 10.1. The van der Waals surface area contributed by atoms with Gasteiger partial charge in [-0.25, -0.2) is 0 Å². The molecule has 1 aliphatic rings. The molecular formula is C18H25N3O. The van der Waals surface area contributed by atoms with Crippen LogP contribution in [-0.4, -0.2) is 46.9 Å². The van der Waals surface area contributed by atoms with Gasteiger partial charge in [0, 0.05) is 56.2 Å². The molecule has 0 unspecified atom stereocenters. The SMILES string of the molecule is CC(=O)N1CCN(Cc2cccc3[nH]c(C(C)C)cc23)CC1. The molecule has 2 aromatic rings. The molecule has 1 saturated heterocycles. The summed E-state index contributed by atoms with van der Waals surface area (Å²) in [4.78, 5) is 19.3. The number of aromatic amines is 1. The van der Waals surface area contributed by atoms with Gasteiger partial charge in [-0.3, -0.25) is 9.69 Å². The first kappa shape index (κ1) is 15.1. The number of hydrogen-bond donors (Lipinski definition) is 1. The Kier molecular flexibility index (Phi) is 4.21. The number of carbonyl (C=O) groups is 1. The average Bonchev–Trinajstić information content (AvgIpc) is 2.93. The van der Waals surface area contributed by atoms with Crippen LogP contribution < -0.4 is 0 Å². The van der Waals surface area contributed by atoms with E-state index in [-0.39, 0.29) is 5.91 Å². The predicted molar refractivity (Wildman–Crippen MR) is 89.9 cm³/mol. The maximum absolute atomic E-state index is 11.4. The Bertz CT molecular complexity index is 666. The monoisotopic (exact) mass is 299 g/mol. The third-order valence-electron chi connectivity index (χ3n) is 4.61. The molecule has 2 heterocycles. The zero-order valence-electron chi connectivity index (χ0n) is 13.7. The predicted octanol–water partition coefficient (Wildman–Crippen LogP) is 2.96. The number of piperazine rings is 1. The molecule has 0 bridgehead atoms. The van der Waals surface area contributed by atoms with Crippen molar-refractivity contribution in [3.8, 4) is 0 Å². The number of amides is 1. The van der Waals surface area contributed by atoms with Crippen LogP contribution in [0, 0.1) is 0 Å². The van der Waals surface area contributed by atoms with Crippen LogP contribution in [0.2, 0.25) is 0 Å². The van der Waals surface area contributed by atoms with E-state index in [9.17, 15) is 4.79 Å². The van der Waals surface area contributed by atoms with E-state index < -0.39 is 0 Å². The zero-order valence-corrected chi connectivity index (χ0v) is 13.7. The van der Waals surface area contributed by atoms with Gasteiger partial charge < -0.3 is 9.88 Å². The van der Waals surface area contributed by atoms with E-state index in [0.717, 1.165) is 32.7 Å². The lowest BCUT2D eigenvalue weighted by molar-refractivity contribution is -0.130. The minimum absolute atomic E-state index is 0.189. The fourth-order valence-corrected chi connectivity index (χ4v) is 3.15. The standard InChI is InChI=1S/C18H25N3O/c1-13(2)18-11-16-15(5-4-6-17(16)19-18)12-20-7-9-21(10-8-20)14(3)22/h4-6,11,13,19H,7-10,12H2,1-3H3. The second kappa shape index (κ2) is 6.13. The average molecular weight is 299 g/mol. The van der Waals surface area contributed by atoms with E-state index in [1.165, 1.54) is 22.2 Å². The Morgan fingerprint density at radius 2 is 1.95 bits per heavy atom. The Balaban J connectivity index is 1.75. The molecule has 0 aliphatic carbocycles. The fourth-order valence-electron chi connectivity index (χ4n) is 3.15. The molecule has 118 valence electrons. The highest BCUT2D eigenvalue weighted by molar-refractivity contribution is 5.84. The molecular weight excluding hydrogens is 274 g/mol. The highest BCUT2D eigenvalue weighted by atomic mass is 16.2.